The fourth-order valence-electron chi connectivity index (χ4n) is 5.58. The maximum atomic E-state index is 12.9. The molecule has 0 unspecified atom stereocenters. The van der Waals surface area contributed by atoms with Gasteiger partial charge in [0.1, 0.15) is 18.2 Å². The lowest BCUT2D eigenvalue weighted by Gasteiger charge is -2.28. The summed E-state index contributed by atoms with van der Waals surface area (Å²) in [5.41, 5.74) is 6.66. The molecule has 1 aromatic carbocycles. The molecule has 0 spiro atoms. The van der Waals surface area contributed by atoms with Crippen molar-refractivity contribution in [2.24, 2.45) is 12.8 Å². The fraction of sp³-hybridized carbons (Fsp3) is 0.577. The zero-order valence-electron chi connectivity index (χ0n) is 20.5. The number of ether oxygens (including phenoxy) is 1. The highest BCUT2D eigenvalue weighted by atomic mass is 19.4. The summed E-state index contributed by atoms with van der Waals surface area (Å²) in [6, 6.07) is 5.61. The van der Waals surface area contributed by atoms with Crippen molar-refractivity contribution in [1.29, 1.82) is 0 Å². The summed E-state index contributed by atoms with van der Waals surface area (Å²) in [4.78, 5) is 0. The maximum absolute atomic E-state index is 12.9. The average molecular weight is 503 g/mol. The van der Waals surface area contributed by atoms with Crippen molar-refractivity contribution >= 4 is 0 Å². The van der Waals surface area contributed by atoms with Crippen molar-refractivity contribution in [2.45, 2.75) is 88.1 Å². The van der Waals surface area contributed by atoms with Crippen LogP contribution in [0.15, 0.2) is 36.7 Å². The Kier molecular flexibility index (Phi) is 7.05. The first-order valence-electron chi connectivity index (χ1n) is 12.8. The minimum atomic E-state index is -4.40. The van der Waals surface area contributed by atoms with E-state index in [1.807, 2.05) is 17.8 Å². The van der Waals surface area contributed by atoms with Crippen LogP contribution in [0.2, 0.25) is 0 Å². The Labute approximate surface area is 208 Å². The van der Waals surface area contributed by atoms with Gasteiger partial charge in [0, 0.05) is 25.2 Å². The van der Waals surface area contributed by atoms with Crippen LogP contribution in [0.25, 0.3) is 0 Å². The van der Waals surface area contributed by atoms with Crippen LogP contribution in [0.5, 0.6) is 5.75 Å². The molecular weight excluding hydrogens is 469 g/mol. The van der Waals surface area contributed by atoms with Crippen molar-refractivity contribution < 1.29 is 17.9 Å². The van der Waals surface area contributed by atoms with E-state index in [0.717, 1.165) is 69.3 Å². The smallest absolute Gasteiger partial charge is 0.416 e. The molecule has 2 fully saturated rings. The first kappa shape index (κ1) is 24.8. The van der Waals surface area contributed by atoms with E-state index in [4.69, 9.17) is 15.6 Å². The second-order valence-electron chi connectivity index (χ2n) is 10.2. The quantitative estimate of drug-likeness (QED) is 0.482. The predicted molar refractivity (Wildman–Crippen MR) is 128 cm³/mol. The Balaban J connectivity index is 1.16. The maximum Gasteiger partial charge on any atom is 0.416 e. The van der Waals surface area contributed by atoms with Gasteiger partial charge in [0.05, 0.1) is 17.8 Å². The summed E-state index contributed by atoms with van der Waals surface area (Å²) >= 11 is 0. The zero-order valence-corrected chi connectivity index (χ0v) is 20.5. The number of aromatic nitrogens is 5. The lowest BCUT2D eigenvalue weighted by Crippen LogP contribution is -2.25. The van der Waals surface area contributed by atoms with Gasteiger partial charge in [-0.1, -0.05) is 6.07 Å². The number of benzene rings is 1. The first-order valence-corrected chi connectivity index (χ1v) is 12.8. The SMILES string of the molecule is Cn1c(COc2cccc(C(F)(F)F)c2)nnc1C1CCC(n2cc(C3CCC(N)CC3)cn2)CC1. The van der Waals surface area contributed by atoms with Crippen LogP contribution >= 0.6 is 0 Å². The van der Waals surface area contributed by atoms with Gasteiger partial charge in [-0.3, -0.25) is 4.68 Å². The third-order valence-electron chi connectivity index (χ3n) is 7.83. The molecule has 5 rings (SSSR count). The molecular formula is C26H33F3N6O. The van der Waals surface area contributed by atoms with Crippen LogP contribution in [0.3, 0.4) is 0 Å². The van der Waals surface area contributed by atoms with E-state index in [1.54, 1.807) is 0 Å². The van der Waals surface area contributed by atoms with Crippen molar-refractivity contribution in [3.05, 3.63) is 59.4 Å². The number of nitrogens with two attached hydrogens (primary N) is 1. The normalized spacial score (nSPS) is 25.1. The fourth-order valence-corrected chi connectivity index (χ4v) is 5.58. The van der Waals surface area contributed by atoms with Gasteiger partial charge in [0.15, 0.2) is 5.82 Å². The molecule has 0 aliphatic heterocycles. The van der Waals surface area contributed by atoms with Crippen LogP contribution in [0.4, 0.5) is 13.2 Å². The van der Waals surface area contributed by atoms with Crippen molar-refractivity contribution in [3.63, 3.8) is 0 Å². The lowest BCUT2D eigenvalue weighted by molar-refractivity contribution is -0.137. The summed E-state index contributed by atoms with van der Waals surface area (Å²) in [6.07, 6.45) is 8.34. The Morgan fingerprint density at radius 3 is 2.44 bits per heavy atom. The first-order chi connectivity index (χ1) is 17.3. The molecule has 3 aromatic rings. The van der Waals surface area contributed by atoms with Gasteiger partial charge < -0.3 is 15.0 Å². The summed E-state index contributed by atoms with van der Waals surface area (Å²) in [5.74, 6) is 2.51. The zero-order chi connectivity index (χ0) is 25.3. The van der Waals surface area contributed by atoms with Gasteiger partial charge in [-0.25, -0.2) is 0 Å². The molecule has 2 aromatic heterocycles. The highest BCUT2D eigenvalue weighted by molar-refractivity contribution is 5.30. The Bertz CT molecular complexity index is 1160. The van der Waals surface area contributed by atoms with Gasteiger partial charge in [0.25, 0.3) is 0 Å². The molecule has 10 heteroatoms. The Hall–Kier alpha value is -2.88. The minimum absolute atomic E-state index is 0.0578. The van der Waals surface area contributed by atoms with E-state index >= 15 is 0 Å². The third-order valence-corrected chi connectivity index (χ3v) is 7.83. The molecule has 7 nitrogen and oxygen atoms in total. The monoisotopic (exact) mass is 502 g/mol. The van der Waals surface area contributed by atoms with Crippen molar-refractivity contribution in [1.82, 2.24) is 24.5 Å². The van der Waals surface area contributed by atoms with E-state index < -0.39 is 11.7 Å². The average Bonchev–Trinajstić information content (AvgIpc) is 3.50. The Morgan fingerprint density at radius 2 is 1.72 bits per heavy atom. The van der Waals surface area contributed by atoms with Crippen molar-refractivity contribution in [3.8, 4) is 5.75 Å². The molecule has 2 aliphatic rings. The van der Waals surface area contributed by atoms with Gasteiger partial charge in [0.2, 0.25) is 0 Å². The van der Waals surface area contributed by atoms with Gasteiger partial charge in [-0.2, -0.15) is 18.3 Å². The van der Waals surface area contributed by atoms with Crippen LogP contribution in [0, 0.1) is 0 Å². The second kappa shape index (κ2) is 10.2. The van der Waals surface area contributed by atoms with E-state index in [-0.39, 0.29) is 18.3 Å². The molecule has 0 bridgehead atoms. The number of hydrogen-bond acceptors (Lipinski definition) is 5. The molecule has 2 heterocycles. The summed E-state index contributed by atoms with van der Waals surface area (Å²) in [7, 11) is 1.89. The van der Waals surface area contributed by atoms with Crippen LogP contribution in [0.1, 0.15) is 92.0 Å². The molecule has 2 N–H and O–H groups in total. The molecule has 0 amide bonds. The van der Waals surface area contributed by atoms with Crippen LogP contribution in [-0.4, -0.2) is 30.6 Å². The summed E-state index contributed by atoms with van der Waals surface area (Å²) in [6.45, 7) is 0.0578. The van der Waals surface area contributed by atoms with Crippen LogP contribution < -0.4 is 10.5 Å². The molecule has 2 saturated carbocycles. The van der Waals surface area contributed by atoms with E-state index in [0.29, 0.717) is 23.8 Å². The van der Waals surface area contributed by atoms with E-state index in [9.17, 15) is 13.2 Å². The Morgan fingerprint density at radius 1 is 1.00 bits per heavy atom. The number of hydrogen-bond donors (Lipinski definition) is 1. The standard InChI is InChI=1S/C26H33F3N6O/c1-34-24(16-36-23-4-2-3-20(13-23)26(27,28)29)32-33-25(34)18-7-11-22(12-8-18)35-15-19(14-31-35)17-5-9-21(30)10-6-17/h2-4,13-15,17-18,21-22H,5-12,16,30H2,1H3. The molecule has 2 aliphatic carbocycles. The molecule has 0 radical (unpaired) electrons. The lowest BCUT2D eigenvalue weighted by atomic mass is 9.83. The number of rotatable bonds is 6. The van der Waals surface area contributed by atoms with E-state index in [1.165, 1.54) is 17.7 Å². The minimum Gasteiger partial charge on any atom is -0.486 e. The van der Waals surface area contributed by atoms with E-state index in [2.05, 4.69) is 21.1 Å². The molecule has 194 valence electrons. The summed E-state index contributed by atoms with van der Waals surface area (Å²) in [5, 5.41) is 13.3. The number of alkyl halides is 3. The van der Waals surface area contributed by atoms with Gasteiger partial charge in [-0.15, -0.1) is 10.2 Å². The third kappa shape index (κ3) is 5.43. The highest BCUT2D eigenvalue weighted by Gasteiger charge is 2.31. The second-order valence-corrected chi connectivity index (χ2v) is 10.2. The topological polar surface area (TPSA) is 83.8 Å². The van der Waals surface area contributed by atoms with Crippen molar-refractivity contribution in [2.75, 3.05) is 0 Å². The molecule has 36 heavy (non-hydrogen) atoms. The summed E-state index contributed by atoms with van der Waals surface area (Å²) < 4.78 is 48.5. The molecule has 0 saturated heterocycles. The molecule has 0 atom stereocenters. The van der Waals surface area contributed by atoms with Gasteiger partial charge in [-0.05, 0) is 81.0 Å². The largest absolute Gasteiger partial charge is 0.486 e. The van der Waals surface area contributed by atoms with Gasteiger partial charge >= 0.3 is 6.18 Å². The number of nitrogens with zero attached hydrogens (tertiary/aromatic N) is 5. The highest BCUT2D eigenvalue weighted by Crippen LogP contribution is 2.39. The van der Waals surface area contributed by atoms with Crippen LogP contribution in [-0.2, 0) is 19.8 Å². The number of halogens is 3. The predicted octanol–water partition coefficient (Wildman–Crippen LogP) is 5.49.